The highest BCUT2D eigenvalue weighted by atomic mass is 79.9. The Morgan fingerprint density at radius 2 is 1.90 bits per heavy atom. The number of carbonyl (C=O) groups is 1. The lowest BCUT2D eigenvalue weighted by molar-refractivity contribution is 0.104. The van der Waals surface area contributed by atoms with Crippen molar-refractivity contribution in [3.8, 4) is 0 Å². The summed E-state index contributed by atoms with van der Waals surface area (Å²) in [6.45, 7) is 0. The highest BCUT2D eigenvalue weighted by Crippen LogP contribution is 2.04. The van der Waals surface area contributed by atoms with E-state index in [1.807, 2.05) is 18.2 Å². The second-order valence-corrected chi connectivity index (χ2v) is 2.30. The molecule has 0 heterocycles. The molecule has 2 heteroatoms. The standard InChI is InChI=1S/C8H6BrO/c9-6-8(10)7-4-2-1-3-5-7/h1-6H. The van der Waals surface area contributed by atoms with Crippen molar-refractivity contribution in [1.29, 1.82) is 0 Å². The smallest absolute Gasteiger partial charge is 0.178 e. The summed E-state index contributed by atoms with van der Waals surface area (Å²) in [5.41, 5.74) is 0.708. The maximum atomic E-state index is 10.9. The van der Waals surface area contributed by atoms with Crippen LogP contribution in [0.2, 0.25) is 0 Å². The SMILES string of the molecule is O=C([CH]Br)c1ccccc1. The average Bonchev–Trinajstić information content (AvgIpc) is 2.05. The summed E-state index contributed by atoms with van der Waals surface area (Å²) in [5, 5.41) is 1.38. The highest BCUT2D eigenvalue weighted by molar-refractivity contribution is 9.11. The van der Waals surface area contributed by atoms with Gasteiger partial charge in [0.1, 0.15) is 0 Å². The van der Waals surface area contributed by atoms with Gasteiger partial charge in [-0.15, -0.1) is 0 Å². The first-order chi connectivity index (χ1) is 4.84. The Balaban J connectivity index is 2.85. The fourth-order valence-electron chi connectivity index (χ4n) is 0.665. The summed E-state index contributed by atoms with van der Waals surface area (Å²) in [5.74, 6) is 0.000556. The zero-order valence-corrected chi connectivity index (χ0v) is 6.84. The van der Waals surface area contributed by atoms with Gasteiger partial charge in [0.25, 0.3) is 0 Å². The van der Waals surface area contributed by atoms with Gasteiger partial charge in [-0.2, -0.15) is 0 Å². The van der Waals surface area contributed by atoms with Crippen LogP contribution in [-0.4, -0.2) is 5.78 Å². The molecule has 0 atom stereocenters. The van der Waals surface area contributed by atoms with Gasteiger partial charge in [-0.3, -0.25) is 4.79 Å². The van der Waals surface area contributed by atoms with Crippen molar-refractivity contribution < 1.29 is 4.79 Å². The fraction of sp³-hybridized carbons (Fsp3) is 0. The number of carbonyl (C=O) groups excluding carboxylic acids is 1. The molecule has 10 heavy (non-hydrogen) atoms. The van der Waals surface area contributed by atoms with Gasteiger partial charge in [-0.1, -0.05) is 46.3 Å². The van der Waals surface area contributed by atoms with Gasteiger partial charge in [-0.05, 0) is 0 Å². The average molecular weight is 198 g/mol. The van der Waals surface area contributed by atoms with E-state index in [9.17, 15) is 4.79 Å². The summed E-state index contributed by atoms with van der Waals surface area (Å²) in [7, 11) is 0. The molecule has 51 valence electrons. The van der Waals surface area contributed by atoms with E-state index in [1.54, 1.807) is 12.1 Å². The van der Waals surface area contributed by atoms with Crippen molar-refractivity contribution in [1.82, 2.24) is 0 Å². The Morgan fingerprint density at radius 1 is 1.30 bits per heavy atom. The summed E-state index contributed by atoms with van der Waals surface area (Å²) in [6.07, 6.45) is 0. The third-order valence-corrected chi connectivity index (χ3v) is 1.57. The monoisotopic (exact) mass is 197 g/mol. The molecule has 1 aromatic carbocycles. The molecule has 0 aliphatic rings. The van der Waals surface area contributed by atoms with Crippen molar-refractivity contribution in [2.45, 2.75) is 0 Å². The molecule has 0 unspecified atom stereocenters. The molecule has 1 radical (unpaired) electrons. The molecule has 0 aliphatic heterocycles. The first kappa shape index (κ1) is 7.48. The van der Waals surface area contributed by atoms with E-state index >= 15 is 0 Å². The van der Waals surface area contributed by atoms with E-state index in [0.29, 0.717) is 5.56 Å². The van der Waals surface area contributed by atoms with Crippen LogP contribution in [0.15, 0.2) is 30.3 Å². The molecule has 1 aromatic rings. The first-order valence-corrected chi connectivity index (χ1v) is 3.79. The molecule has 0 saturated carbocycles. The lowest BCUT2D eigenvalue weighted by atomic mass is 10.2. The molecular formula is C8H6BrO. The van der Waals surface area contributed by atoms with Crippen LogP contribution >= 0.6 is 15.9 Å². The van der Waals surface area contributed by atoms with E-state index in [1.165, 1.54) is 5.33 Å². The maximum Gasteiger partial charge on any atom is 0.178 e. The summed E-state index contributed by atoms with van der Waals surface area (Å²) in [4.78, 5) is 10.9. The van der Waals surface area contributed by atoms with Crippen LogP contribution in [0.25, 0.3) is 0 Å². The van der Waals surface area contributed by atoms with E-state index in [0.717, 1.165) is 0 Å². The van der Waals surface area contributed by atoms with Crippen LogP contribution in [0.1, 0.15) is 10.4 Å². The molecule has 0 N–H and O–H groups in total. The summed E-state index contributed by atoms with van der Waals surface area (Å²) < 4.78 is 0. The molecule has 0 bridgehead atoms. The molecule has 0 saturated heterocycles. The molecule has 0 fully saturated rings. The van der Waals surface area contributed by atoms with Crippen LogP contribution in [0.3, 0.4) is 0 Å². The highest BCUT2D eigenvalue weighted by Gasteiger charge is 2.00. The minimum absolute atomic E-state index is 0.000556. The van der Waals surface area contributed by atoms with Crippen molar-refractivity contribution in [2.75, 3.05) is 0 Å². The third-order valence-electron chi connectivity index (χ3n) is 1.16. The van der Waals surface area contributed by atoms with Crippen molar-refractivity contribution in [3.05, 3.63) is 41.2 Å². The zero-order valence-electron chi connectivity index (χ0n) is 5.25. The minimum atomic E-state index is 0.000556. The molecular weight excluding hydrogens is 192 g/mol. The van der Waals surface area contributed by atoms with E-state index in [-0.39, 0.29) is 5.78 Å². The van der Waals surface area contributed by atoms with Gasteiger partial charge < -0.3 is 0 Å². The van der Waals surface area contributed by atoms with E-state index < -0.39 is 0 Å². The zero-order chi connectivity index (χ0) is 7.40. The predicted molar refractivity (Wildman–Crippen MR) is 44.0 cm³/mol. The lowest BCUT2D eigenvalue weighted by Crippen LogP contribution is -1.93. The topological polar surface area (TPSA) is 17.1 Å². The minimum Gasteiger partial charge on any atom is -0.293 e. The number of hydrogen-bond donors (Lipinski definition) is 0. The summed E-state index contributed by atoms with van der Waals surface area (Å²) in [6, 6.07) is 9.11. The number of halogens is 1. The Kier molecular flexibility index (Phi) is 2.63. The number of rotatable bonds is 2. The van der Waals surface area contributed by atoms with Crippen molar-refractivity contribution in [3.63, 3.8) is 0 Å². The molecule has 0 spiro atoms. The molecule has 0 aromatic heterocycles. The Bertz CT molecular complexity index is 218. The van der Waals surface area contributed by atoms with Gasteiger partial charge in [0.05, 0.1) is 5.33 Å². The van der Waals surface area contributed by atoms with Crippen LogP contribution in [0.5, 0.6) is 0 Å². The van der Waals surface area contributed by atoms with E-state index in [4.69, 9.17) is 0 Å². The van der Waals surface area contributed by atoms with Crippen LogP contribution in [0.4, 0.5) is 0 Å². The van der Waals surface area contributed by atoms with Crippen molar-refractivity contribution >= 4 is 21.7 Å². The van der Waals surface area contributed by atoms with Crippen LogP contribution in [-0.2, 0) is 0 Å². The Labute approximate surface area is 68.2 Å². The largest absolute Gasteiger partial charge is 0.293 e. The quantitative estimate of drug-likeness (QED) is 0.667. The van der Waals surface area contributed by atoms with Gasteiger partial charge in [0.2, 0.25) is 0 Å². The maximum absolute atomic E-state index is 10.9. The number of Topliss-reactive ketones (excluding diaryl/α,β-unsaturated/α-hetero) is 1. The second-order valence-electron chi connectivity index (χ2n) is 1.84. The Morgan fingerprint density at radius 3 is 2.40 bits per heavy atom. The lowest BCUT2D eigenvalue weighted by Gasteiger charge is -1.92. The Hall–Kier alpha value is -0.630. The molecule has 1 rings (SSSR count). The predicted octanol–water partition coefficient (Wildman–Crippen LogP) is 2.43. The number of ketones is 1. The molecule has 0 amide bonds. The van der Waals surface area contributed by atoms with Crippen LogP contribution in [0, 0.1) is 5.33 Å². The second kappa shape index (κ2) is 3.52. The first-order valence-electron chi connectivity index (χ1n) is 2.87. The third kappa shape index (κ3) is 1.67. The normalized spacial score (nSPS) is 9.30. The van der Waals surface area contributed by atoms with Gasteiger partial charge in [-0.25, -0.2) is 0 Å². The van der Waals surface area contributed by atoms with Gasteiger partial charge in [0, 0.05) is 5.56 Å². The van der Waals surface area contributed by atoms with E-state index in [2.05, 4.69) is 15.9 Å². The van der Waals surface area contributed by atoms with Crippen LogP contribution < -0.4 is 0 Å². The van der Waals surface area contributed by atoms with Crippen molar-refractivity contribution in [2.24, 2.45) is 0 Å². The van der Waals surface area contributed by atoms with Gasteiger partial charge in [0.15, 0.2) is 5.78 Å². The molecule has 1 nitrogen and oxygen atoms in total. The number of benzene rings is 1. The molecule has 0 aliphatic carbocycles. The summed E-state index contributed by atoms with van der Waals surface area (Å²) >= 11 is 2.98. The van der Waals surface area contributed by atoms with Gasteiger partial charge >= 0.3 is 0 Å². The fourth-order valence-corrected chi connectivity index (χ4v) is 0.930. The number of hydrogen-bond acceptors (Lipinski definition) is 1.